The van der Waals surface area contributed by atoms with Crippen LogP contribution in [0.3, 0.4) is 0 Å². The molecule has 1 saturated heterocycles. The highest BCUT2D eigenvalue weighted by atomic mass is 16.3. The standard InChI is InChI=1S/C17H25NO2/c1-3-13-8-9-16(20-13)15-7-5-4-6-10-18(15)17(19)14-11-12(14)2/h8-9,12,14-15H,3-7,10-11H2,1-2H3. The molecule has 1 amide bonds. The van der Waals surface area contributed by atoms with E-state index < -0.39 is 0 Å². The summed E-state index contributed by atoms with van der Waals surface area (Å²) in [5, 5.41) is 0. The average Bonchev–Trinajstić information content (AvgIpc) is 3.08. The van der Waals surface area contributed by atoms with E-state index in [9.17, 15) is 4.79 Å². The van der Waals surface area contributed by atoms with E-state index in [-0.39, 0.29) is 12.0 Å². The van der Waals surface area contributed by atoms with Gasteiger partial charge in [0.05, 0.1) is 6.04 Å². The number of aryl methyl sites for hydroxylation is 1. The van der Waals surface area contributed by atoms with Crippen LogP contribution in [0.5, 0.6) is 0 Å². The first kappa shape index (κ1) is 13.7. The van der Waals surface area contributed by atoms with Crippen LogP contribution in [0.1, 0.15) is 63.5 Å². The van der Waals surface area contributed by atoms with Crippen molar-refractivity contribution in [3.8, 4) is 0 Å². The third kappa shape index (κ3) is 2.63. The lowest BCUT2D eigenvalue weighted by atomic mass is 10.1. The Kier molecular flexibility index (Phi) is 3.86. The minimum absolute atomic E-state index is 0.165. The van der Waals surface area contributed by atoms with E-state index in [0.29, 0.717) is 11.8 Å². The number of amides is 1. The molecule has 3 heteroatoms. The third-order valence-electron chi connectivity index (χ3n) is 4.82. The molecule has 2 fully saturated rings. The Hall–Kier alpha value is -1.25. The number of rotatable bonds is 3. The van der Waals surface area contributed by atoms with Gasteiger partial charge in [0.25, 0.3) is 0 Å². The van der Waals surface area contributed by atoms with Gasteiger partial charge in [-0.25, -0.2) is 0 Å². The molecule has 0 radical (unpaired) electrons. The topological polar surface area (TPSA) is 33.5 Å². The smallest absolute Gasteiger partial charge is 0.226 e. The van der Waals surface area contributed by atoms with Gasteiger partial charge in [-0.1, -0.05) is 26.7 Å². The van der Waals surface area contributed by atoms with Crippen LogP contribution in [0, 0.1) is 11.8 Å². The molecule has 1 aromatic rings. The largest absolute Gasteiger partial charge is 0.464 e. The monoisotopic (exact) mass is 275 g/mol. The molecule has 0 bridgehead atoms. The molecule has 3 atom stereocenters. The van der Waals surface area contributed by atoms with Crippen molar-refractivity contribution in [1.29, 1.82) is 0 Å². The second-order valence-corrected chi connectivity index (χ2v) is 6.37. The summed E-state index contributed by atoms with van der Waals surface area (Å²) in [5.41, 5.74) is 0. The van der Waals surface area contributed by atoms with E-state index in [2.05, 4.69) is 30.9 Å². The molecule has 2 aliphatic rings. The van der Waals surface area contributed by atoms with Gasteiger partial charge < -0.3 is 9.32 Å². The fourth-order valence-corrected chi connectivity index (χ4v) is 3.31. The molecular weight excluding hydrogens is 250 g/mol. The van der Waals surface area contributed by atoms with Crippen molar-refractivity contribution in [2.24, 2.45) is 11.8 Å². The Labute approximate surface area is 121 Å². The van der Waals surface area contributed by atoms with Gasteiger partial charge in [-0.2, -0.15) is 0 Å². The van der Waals surface area contributed by atoms with E-state index in [1.165, 1.54) is 12.8 Å². The van der Waals surface area contributed by atoms with E-state index >= 15 is 0 Å². The van der Waals surface area contributed by atoms with E-state index in [0.717, 1.165) is 43.7 Å². The predicted octanol–water partition coefficient (Wildman–Crippen LogP) is 3.94. The summed E-state index contributed by atoms with van der Waals surface area (Å²) >= 11 is 0. The molecule has 3 unspecified atom stereocenters. The maximum Gasteiger partial charge on any atom is 0.226 e. The molecule has 2 heterocycles. The van der Waals surface area contributed by atoms with Gasteiger partial charge in [0.15, 0.2) is 0 Å². The van der Waals surface area contributed by atoms with Crippen molar-refractivity contribution >= 4 is 5.91 Å². The highest BCUT2D eigenvalue weighted by molar-refractivity contribution is 5.82. The van der Waals surface area contributed by atoms with Crippen LogP contribution in [0.4, 0.5) is 0 Å². The lowest BCUT2D eigenvalue weighted by molar-refractivity contribution is -0.135. The molecule has 1 saturated carbocycles. The molecule has 1 aliphatic carbocycles. The maximum atomic E-state index is 12.7. The predicted molar refractivity (Wildman–Crippen MR) is 78.3 cm³/mol. The number of likely N-dealkylation sites (tertiary alicyclic amines) is 1. The Morgan fingerprint density at radius 2 is 2.15 bits per heavy atom. The van der Waals surface area contributed by atoms with Crippen molar-refractivity contribution in [1.82, 2.24) is 4.90 Å². The molecule has 0 aromatic carbocycles. The van der Waals surface area contributed by atoms with E-state index in [4.69, 9.17) is 4.42 Å². The Balaban J connectivity index is 1.81. The molecule has 3 rings (SSSR count). The summed E-state index contributed by atoms with van der Waals surface area (Å²) in [4.78, 5) is 14.8. The van der Waals surface area contributed by atoms with Crippen molar-refractivity contribution in [2.75, 3.05) is 6.54 Å². The van der Waals surface area contributed by atoms with Crippen LogP contribution in [0.2, 0.25) is 0 Å². The molecule has 1 aromatic heterocycles. The van der Waals surface area contributed by atoms with Gasteiger partial charge in [-0.05, 0) is 37.3 Å². The molecule has 3 nitrogen and oxygen atoms in total. The van der Waals surface area contributed by atoms with Crippen LogP contribution in [0.25, 0.3) is 0 Å². The molecule has 0 spiro atoms. The summed E-state index contributed by atoms with van der Waals surface area (Å²) in [6.07, 6.45) is 6.58. The van der Waals surface area contributed by atoms with Crippen LogP contribution < -0.4 is 0 Å². The number of furan rings is 1. The average molecular weight is 275 g/mol. The van der Waals surface area contributed by atoms with Crippen LogP contribution in [-0.4, -0.2) is 17.4 Å². The van der Waals surface area contributed by atoms with Crippen LogP contribution in [-0.2, 0) is 11.2 Å². The van der Waals surface area contributed by atoms with Gasteiger partial charge in [0, 0.05) is 18.9 Å². The van der Waals surface area contributed by atoms with Gasteiger partial charge >= 0.3 is 0 Å². The zero-order chi connectivity index (χ0) is 14.1. The van der Waals surface area contributed by atoms with Crippen molar-refractivity contribution in [3.63, 3.8) is 0 Å². The quantitative estimate of drug-likeness (QED) is 0.837. The van der Waals surface area contributed by atoms with Crippen LogP contribution in [0.15, 0.2) is 16.5 Å². The summed E-state index contributed by atoms with van der Waals surface area (Å²) in [6, 6.07) is 4.30. The summed E-state index contributed by atoms with van der Waals surface area (Å²) < 4.78 is 5.94. The number of hydrogen-bond acceptors (Lipinski definition) is 2. The molecule has 110 valence electrons. The Bertz CT molecular complexity index is 479. The van der Waals surface area contributed by atoms with Gasteiger partial charge in [-0.3, -0.25) is 4.79 Å². The normalized spacial score (nSPS) is 30.1. The highest BCUT2D eigenvalue weighted by Gasteiger charge is 2.43. The van der Waals surface area contributed by atoms with Crippen molar-refractivity contribution < 1.29 is 9.21 Å². The second kappa shape index (κ2) is 5.63. The zero-order valence-corrected chi connectivity index (χ0v) is 12.6. The van der Waals surface area contributed by atoms with Gasteiger partial charge in [0.2, 0.25) is 5.91 Å². The SMILES string of the molecule is CCc1ccc(C2CCCCCN2C(=O)C2CC2C)o1. The fourth-order valence-electron chi connectivity index (χ4n) is 3.31. The fraction of sp³-hybridized carbons (Fsp3) is 0.706. The molecule has 0 N–H and O–H groups in total. The Morgan fingerprint density at radius 3 is 2.80 bits per heavy atom. The second-order valence-electron chi connectivity index (χ2n) is 6.37. The molecule has 20 heavy (non-hydrogen) atoms. The highest BCUT2D eigenvalue weighted by Crippen LogP contribution is 2.42. The maximum absolute atomic E-state index is 12.7. The minimum Gasteiger partial charge on any atom is -0.464 e. The Morgan fingerprint density at radius 1 is 1.35 bits per heavy atom. The van der Waals surface area contributed by atoms with Gasteiger partial charge in [-0.15, -0.1) is 0 Å². The molecular formula is C17H25NO2. The van der Waals surface area contributed by atoms with Crippen molar-refractivity contribution in [2.45, 2.75) is 58.4 Å². The summed E-state index contributed by atoms with van der Waals surface area (Å²) in [5.74, 6) is 3.23. The van der Waals surface area contributed by atoms with E-state index in [1.54, 1.807) is 0 Å². The van der Waals surface area contributed by atoms with E-state index in [1.807, 2.05) is 0 Å². The molecule has 1 aliphatic heterocycles. The number of hydrogen-bond donors (Lipinski definition) is 0. The van der Waals surface area contributed by atoms with Crippen LogP contribution >= 0.6 is 0 Å². The van der Waals surface area contributed by atoms with Gasteiger partial charge in [0.1, 0.15) is 11.5 Å². The van der Waals surface area contributed by atoms with Crippen molar-refractivity contribution in [3.05, 3.63) is 23.7 Å². The lowest BCUT2D eigenvalue weighted by Gasteiger charge is -2.29. The summed E-state index contributed by atoms with van der Waals surface area (Å²) in [6.45, 7) is 5.18. The first-order valence-corrected chi connectivity index (χ1v) is 8.09. The lowest BCUT2D eigenvalue weighted by Crippen LogP contribution is -2.36. The first-order chi connectivity index (χ1) is 9.70. The number of nitrogens with zero attached hydrogens (tertiary/aromatic N) is 1. The minimum atomic E-state index is 0.165. The third-order valence-corrected chi connectivity index (χ3v) is 4.82. The number of carbonyl (C=O) groups excluding carboxylic acids is 1. The zero-order valence-electron chi connectivity index (χ0n) is 12.6. The summed E-state index contributed by atoms with van der Waals surface area (Å²) in [7, 11) is 0. The first-order valence-electron chi connectivity index (χ1n) is 8.09. The number of carbonyl (C=O) groups is 1.